The second kappa shape index (κ2) is 9.37. The molecule has 2 amide bonds. The van der Waals surface area contributed by atoms with Crippen molar-refractivity contribution in [2.24, 2.45) is 0 Å². The Balaban J connectivity index is 1.46. The van der Waals surface area contributed by atoms with Crippen molar-refractivity contribution in [1.82, 2.24) is 4.90 Å². The molecule has 9 heteroatoms. The van der Waals surface area contributed by atoms with Crippen LogP contribution < -0.4 is 10.6 Å². The standard InChI is InChI=1S/C23H23N3O5S/c27-22(20-7-4-14-31-20)24-18-8-10-19(11-9-18)25-23(28)21(17-5-2-1-3-6-17)26-12-15-32(29,30)16-13-26/h1-11,14,21H,12-13,15-16H2,(H,24,27)(H,25,28). The molecule has 1 atom stereocenters. The summed E-state index contributed by atoms with van der Waals surface area (Å²) in [5.74, 6) is -0.336. The highest BCUT2D eigenvalue weighted by atomic mass is 32.2. The first-order valence-electron chi connectivity index (χ1n) is 10.2. The predicted molar refractivity (Wildman–Crippen MR) is 121 cm³/mol. The number of hydrogen-bond donors (Lipinski definition) is 2. The molecule has 2 aromatic carbocycles. The van der Waals surface area contributed by atoms with E-state index in [-0.39, 0.29) is 29.1 Å². The van der Waals surface area contributed by atoms with E-state index in [1.165, 1.54) is 6.26 Å². The number of nitrogens with zero attached hydrogens (tertiary/aromatic N) is 1. The highest BCUT2D eigenvalue weighted by Gasteiger charge is 2.32. The van der Waals surface area contributed by atoms with Gasteiger partial charge in [-0.05, 0) is 42.0 Å². The highest BCUT2D eigenvalue weighted by Crippen LogP contribution is 2.25. The van der Waals surface area contributed by atoms with Crippen LogP contribution in [-0.4, -0.2) is 49.7 Å². The molecular formula is C23H23N3O5S. The van der Waals surface area contributed by atoms with E-state index in [0.717, 1.165) is 5.56 Å². The minimum atomic E-state index is -3.06. The Kier molecular flexibility index (Phi) is 6.38. The molecule has 1 saturated heterocycles. The first kappa shape index (κ1) is 21.8. The van der Waals surface area contributed by atoms with Crippen LogP contribution in [0.1, 0.15) is 22.2 Å². The van der Waals surface area contributed by atoms with Gasteiger partial charge in [0.2, 0.25) is 5.91 Å². The number of anilines is 2. The van der Waals surface area contributed by atoms with E-state index in [2.05, 4.69) is 10.6 Å². The normalized spacial score (nSPS) is 16.8. The molecule has 4 rings (SSSR count). The number of sulfone groups is 1. The molecule has 1 unspecified atom stereocenters. The summed E-state index contributed by atoms with van der Waals surface area (Å²) in [6, 6.07) is 18.6. The van der Waals surface area contributed by atoms with E-state index in [9.17, 15) is 18.0 Å². The Labute approximate surface area is 186 Å². The molecule has 2 heterocycles. The third-order valence-corrected chi connectivity index (χ3v) is 6.87. The topological polar surface area (TPSA) is 109 Å². The van der Waals surface area contributed by atoms with Crippen LogP contribution in [0.15, 0.2) is 77.4 Å². The van der Waals surface area contributed by atoms with Crippen molar-refractivity contribution in [3.05, 3.63) is 84.3 Å². The number of amides is 2. The zero-order chi connectivity index (χ0) is 22.6. The lowest BCUT2D eigenvalue weighted by Gasteiger charge is -2.33. The van der Waals surface area contributed by atoms with Gasteiger partial charge in [-0.25, -0.2) is 8.42 Å². The van der Waals surface area contributed by atoms with Crippen LogP contribution in [0.4, 0.5) is 11.4 Å². The summed E-state index contributed by atoms with van der Waals surface area (Å²) in [5.41, 5.74) is 1.92. The molecule has 1 aliphatic heterocycles. The molecular weight excluding hydrogens is 430 g/mol. The number of rotatable bonds is 6. The quantitative estimate of drug-likeness (QED) is 0.594. The number of carbonyl (C=O) groups is 2. The van der Waals surface area contributed by atoms with Crippen molar-refractivity contribution in [1.29, 1.82) is 0 Å². The number of hydrogen-bond acceptors (Lipinski definition) is 6. The van der Waals surface area contributed by atoms with E-state index in [4.69, 9.17) is 4.42 Å². The highest BCUT2D eigenvalue weighted by molar-refractivity contribution is 7.91. The molecule has 0 radical (unpaired) electrons. The van der Waals surface area contributed by atoms with Gasteiger partial charge in [-0.2, -0.15) is 0 Å². The van der Waals surface area contributed by atoms with Crippen molar-refractivity contribution in [2.45, 2.75) is 6.04 Å². The van der Waals surface area contributed by atoms with Crippen molar-refractivity contribution in [3.63, 3.8) is 0 Å². The fraction of sp³-hybridized carbons (Fsp3) is 0.217. The largest absolute Gasteiger partial charge is 0.459 e. The van der Waals surface area contributed by atoms with E-state index in [0.29, 0.717) is 24.5 Å². The molecule has 8 nitrogen and oxygen atoms in total. The lowest BCUT2D eigenvalue weighted by atomic mass is 10.0. The van der Waals surface area contributed by atoms with Gasteiger partial charge in [0.15, 0.2) is 15.6 Å². The number of carbonyl (C=O) groups excluding carboxylic acids is 2. The van der Waals surface area contributed by atoms with Gasteiger partial charge in [0.05, 0.1) is 17.8 Å². The van der Waals surface area contributed by atoms with Gasteiger partial charge in [0.25, 0.3) is 5.91 Å². The summed E-state index contributed by atoms with van der Waals surface area (Å²) in [7, 11) is -3.06. The maximum Gasteiger partial charge on any atom is 0.291 e. The second-order valence-electron chi connectivity index (χ2n) is 7.50. The van der Waals surface area contributed by atoms with Crippen LogP contribution in [0.3, 0.4) is 0 Å². The van der Waals surface area contributed by atoms with Crippen LogP contribution in [0.2, 0.25) is 0 Å². The van der Waals surface area contributed by atoms with Crippen LogP contribution >= 0.6 is 0 Å². The summed E-state index contributed by atoms with van der Waals surface area (Å²) in [6.45, 7) is 0.597. The molecule has 32 heavy (non-hydrogen) atoms. The molecule has 166 valence electrons. The van der Waals surface area contributed by atoms with Gasteiger partial charge >= 0.3 is 0 Å². The fourth-order valence-corrected chi connectivity index (χ4v) is 4.83. The SMILES string of the molecule is O=C(Nc1ccc(NC(=O)C(c2ccccc2)N2CCS(=O)(=O)CC2)cc1)c1ccco1. The van der Waals surface area contributed by atoms with E-state index >= 15 is 0 Å². The minimum Gasteiger partial charge on any atom is -0.459 e. The molecule has 1 aliphatic rings. The lowest BCUT2D eigenvalue weighted by molar-refractivity contribution is -0.121. The Hall–Kier alpha value is -3.43. The van der Waals surface area contributed by atoms with Gasteiger partial charge in [-0.1, -0.05) is 30.3 Å². The average Bonchev–Trinajstić information content (AvgIpc) is 3.32. The smallest absolute Gasteiger partial charge is 0.291 e. The Morgan fingerprint density at radius 2 is 1.47 bits per heavy atom. The molecule has 1 fully saturated rings. The summed E-state index contributed by atoms with van der Waals surface area (Å²) >= 11 is 0. The lowest BCUT2D eigenvalue weighted by Crippen LogP contribution is -2.46. The summed E-state index contributed by atoms with van der Waals surface area (Å²) < 4.78 is 28.7. The van der Waals surface area contributed by atoms with Crippen molar-refractivity contribution in [3.8, 4) is 0 Å². The monoisotopic (exact) mass is 453 g/mol. The average molecular weight is 454 g/mol. The number of furan rings is 1. The van der Waals surface area contributed by atoms with Gasteiger partial charge in [0.1, 0.15) is 6.04 Å². The maximum atomic E-state index is 13.2. The van der Waals surface area contributed by atoms with Gasteiger partial charge in [0, 0.05) is 24.5 Å². The molecule has 0 saturated carbocycles. The van der Waals surface area contributed by atoms with Gasteiger partial charge in [-0.3, -0.25) is 14.5 Å². The Morgan fingerprint density at radius 3 is 2.06 bits per heavy atom. The number of nitrogens with one attached hydrogen (secondary N) is 2. The Morgan fingerprint density at radius 1 is 0.844 bits per heavy atom. The predicted octanol–water partition coefficient (Wildman–Crippen LogP) is 2.94. The second-order valence-corrected chi connectivity index (χ2v) is 9.80. The first-order chi connectivity index (χ1) is 15.4. The Bertz CT molecular complexity index is 1160. The molecule has 0 aliphatic carbocycles. The van der Waals surface area contributed by atoms with Crippen LogP contribution in [0.5, 0.6) is 0 Å². The molecule has 0 bridgehead atoms. The van der Waals surface area contributed by atoms with Crippen LogP contribution in [0.25, 0.3) is 0 Å². The fourth-order valence-electron chi connectivity index (χ4n) is 3.60. The van der Waals surface area contributed by atoms with E-state index in [1.807, 2.05) is 35.2 Å². The molecule has 0 spiro atoms. The zero-order valence-corrected chi connectivity index (χ0v) is 18.0. The maximum absolute atomic E-state index is 13.2. The summed E-state index contributed by atoms with van der Waals surface area (Å²) in [5, 5.41) is 5.63. The van der Waals surface area contributed by atoms with Crippen molar-refractivity contribution >= 4 is 33.0 Å². The van der Waals surface area contributed by atoms with Gasteiger partial charge in [-0.15, -0.1) is 0 Å². The molecule has 3 aromatic rings. The zero-order valence-electron chi connectivity index (χ0n) is 17.2. The number of benzene rings is 2. The van der Waals surface area contributed by atoms with Crippen LogP contribution in [-0.2, 0) is 14.6 Å². The van der Waals surface area contributed by atoms with E-state index in [1.54, 1.807) is 36.4 Å². The van der Waals surface area contributed by atoms with Crippen molar-refractivity contribution in [2.75, 3.05) is 35.2 Å². The summed E-state index contributed by atoms with van der Waals surface area (Å²) in [6.07, 6.45) is 1.43. The van der Waals surface area contributed by atoms with Crippen LogP contribution in [0, 0.1) is 0 Å². The minimum absolute atomic E-state index is 0.0354. The third-order valence-electron chi connectivity index (χ3n) is 5.26. The van der Waals surface area contributed by atoms with Gasteiger partial charge < -0.3 is 15.1 Å². The first-order valence-corrected chi connectivity index (χ1v) is 12.0. The van der Waals surface area contributed by atoms with Crippen molar-refractivity contribution < 1.29 is 22.4 Å². The third kappa shape index (κ3) is 5.24. The molecule has 2 N–H and O–H groups in total. The summed E-state index contributed by atoms with van der Waals surface area (Å²) in [4.78, 5) is 27.2. The molecule has 1 aromatic heterocycles. The van der Waals surface area contributed by atoms with E-state index < -0.39 is 15.9 Å².